The van der Waals surface area contributed by atoms with Crippen LogP contribution in [0.3, 0.4) is 0 Å². The van der Waals surface area contributed by atoms with E-state index in [0.717, 1.165) is 19.3 Å². The molecular weight excluding hydrogens is 292 g/mol. The molecule has 2 aromatic carbocycles. The number of aromatic carboxylic acids is 1. The Bertz CT molecular complexity index is 674. The van der Waals surface area contributed by atoms with Crippen molar-refractivity contribution in [1.29, 1.82) is 0 Å². The van der Waals surface area contributed by atoms with Crippen molar-refractivity contribution >= 4 is 11.9 Å². The van der Waals surface area contributed by atoms with Crippen molar-refractivity contribution in [2.75, 3.05) is 6.61 Å². The molecule has 0 atom stereocenters. The second kappa shape index (κ2) is 8.13. The van der Waals surface area contributed by atoms with E-state index in [1.54, 1.807) is 12.1 Å². The molecule has 4 nitrogen and oxygen atoms in total. The molecule has 0 saturated carbocycles. The molecule has 0 aliphatic heterocycles. The van der Waals surface area contributed by atoms with Crippen molar-refractivity contribution in [3.63, 3.8) is 0 Å². The summed E-state index contributed by atoms with van der Waals surface area (Å²) in [6, 6.07) is 14.4. The fraction of sp³-hybridized carbons (Fsp3) is 0.263. The van der Waals surface area contributed by atoms with Gasteiger partial charge in [-0.15, -0.1) is 0 Å². The van der Waals surface area contributed by atoms with Gasteiger partial charge in [-0.3, -0.25) is 0 Å². The van der Waals surface area contributed by atoms with Crippen molar-refractivity contribution < 1.29 is 19.4 Å². The molecule has 0 aromatic heterocycles. The third kappa shape index (κ3) is 4.95. The number of unbranched alkanes of at least 4 members (excludes halogenated alkanes) is 1. The van der Waals surface area contributed by atoms with Gasteiger partial charge >= 0.3 is 11.9 Å². The largest absolute Gasteiger partial charge is 0.478 e. The quantitative estimate of drug-likeness (QED) is 0.622. The van der Waals surface area contributed by atoms with Crippen LogP contribution in [0.1, 0.15) is 44.7 Å². The Morgan fingerprint density at radius 2 is 1.61 bits per heavy atom. The SMILES string of the molecule is Cc1ccc(CCCCOC(=O)c2ccccc2C(=O)O)cc1. The lowest BCUT2D eigenvalue weighted by molar-refractivity contribution is 0.0488. The molecule has 0 saturated heterocycles. The number of ether oxygens (including phenoxy) is 1. The van der Waals surface area contributed by atoms with E-state index in [0.29, 0.717) is 6.61 Å². The summed E-state index contributed by atoms with van der Waals surface area (Å²) in [5.41, 5.74) is 2.56. The van der Waals surface area contributed by atoms with Crippen LogP contribution >= 0.6 is 0 Å². The Morgan fingerprint density at radius 1 is 0.957 bits per heavy atom. The Balaban J connectivity index is 1.77. The highest BCUT2D eigenvalue weighted by molar-refractivity contribution is 6.02. The first-order valence-corrected chi connectivity index (χ1v) is 7.63. The minimum Gasteiger partial charge on any atom is -0.478 e. The molecule has 120 valence electrons. The zero-order valence-electron chi connectivity index (χ0n) is 13.1. The van der Waals surface area contributed by atoms with Crippen LogP contribution < -0.4 is 0 Å². The van der Waals surface area contributed by atoms with Crippen molar-refractivity contribution in [2.45, 2.75) is 26.2 Å². The van der Waals surface area contributed by atoms with E-state index in [1.165, 1.54) is 23.3 Å². The normalized spacial score (nSPS) is 10.3. The van der Waals surface area contributed by atoms with Gasteiger partial charge in [0.1, 0.15) is 0 Å². The lowest BCUT2D eigenvalue weighted by Crippen LogP contribution is -2.12. The Labute approximate surface area is 135 Å². The summed E-state index contributed by atoms with van der Waals surface area (Å²) >= 11 is 0. The number of carboxylic acid groups (broad SMARTS) is 1. The molecular formula is C19H20O4. The Hall–Kier alpha value is -2.62. The second-order valence-electron chi connectivity index (χ2n) is 5.43. The van der Waals surface area contributed by atoms with Crippen molar-refractivity contribution in [2.24, 2.45) is 0 Å². The molecule has 1 N–H and O–H groups in total. The molecule has 23 heavy (non-hydrogen) atoms. The Kier molecular flexibility index (Phi) is 5.92. The number of aryl methyl sites for hydroxylation is 2. The van der Waals surface area contributed by atoms with Crippen LogP contribution in [0.4, 0.5) is 0 Å². The summed E-state index contributed by atoms with van der Waals surface area (Å²) in [5, 5.41) is 9.06. The van der Waals surface area contributed by atoms with Crippen LogP contribution in [-0.2, 0) is 11.2 Å². The first-order chi connectivity index (χ1) is 11.1. The maximum absolute atomic E-state index is 12.0. The first kappa shape index (κ1) is 16.7. The minimum absolute atomic E-state index is 0.0304. The van der Waals surface area contributed by atoms with Crippen molar-refractivity contribution in [1.82, 2.24) is 0 Å². The van der Waals surface area contributed by atoms with E-state index in [1.807, 2.05) is 0 Å². The maximum atomic E-state index is 12.0. The summed E-state index contributed by atoms with van der Waals surface area (Å²) in [7, 11) is 0. The van der Waals surface area contributed by atoms with Gasteiger partial charge in [-0.2, -0.15) is 0 Å². The highest BCUT2D eigenvalue weighted by atomic mass is 16.5. The van der Waals surface area contributed by atoms with Crippen molar-refractivity contribution in [3.8, 4) is 0 Å². The molecule has 2 aromatic rings. The van der Waals surface area contributed by atoms with Crippen LogP contribution in [0, 0.1) is 6.92 Å². The molecule has 0 aliphatic rings. The summed E-state index contributed by atoms with van der Waals surface area (Å²) in [6.07, 6.45) is 2.59. The predicted molar refractivity (Wildman–Crippen MR) is 87.8 cm³/mol. The standard InChI is InChI=1S/C19H20O4/c1-14-9-11-15(12-10-14)6-4-5-13-23-19(22)17-8-3-2-7-16(17)18(20)21/h2-3,7-12H,4-6,13H2,1H3,(H,20,21). The van der Waals surface area contributed by atoms with Gasteiger partial charge in [-0.05, 0) is 43.9 Å². The topological polar surface area (TPSA) is 63.6 Å². The number of carbonyl (C=O) groups excluding carboxylic acids is 1. The number of benzene rings is 2. The number of esters is 1. The average Bonchev–Trinajstić information content (AvgIpc) is 2.56. The third-order valence-corrected chi connectivity index (χ3v) is 3.59. The van der Waals surface area contributed by atoms with Gasteiger partial charge in [0.25, 0.3) is 0 Å². The lowest BCUT2D eigenvalue weighted by atomic mass is 10.1. The number of hydrogen-bond acceptors (Lipinski definition) is 3. The van der Waals surface area contributed by atoms with Crippen LogP contribution in [0.15, 0.2) is 48.5 Å². The molecule has 0 spiro atoms. The number of carboxylic acids is 1. The van der Waals surface area contributed by atoms with Crippen molar-refractivity contribution in [3.05, 3.63) is 70.8 Å². The van der Waals surface area contributed by atoms with Gasteiger partial charge in [0, 0.05) is 0 Å². The van der Waals surface area contributed by atoms with Crippen LogP contribution in [-0.4, -0.2) is 23.7 Å². The minimum atomic E-state index is -1.13. The average molecular weight is 312 g/mol. The van der Waals surface area contributed by atoms with Gasteiger partial charge in [0.05, 0.1) is 17.7 Å². The zero-order valence-corrected chi connectivity index (χ0v) is 13.1. The molecule has 0 heterocycles. The van der Waals surface area contributed by atoms with Crippen LogP contribution in [0.2, 0.25) is 0 Å². The number of carbonyl (C=O) groups is 2. The number of rotatable bonds is 7. The Morgan fingerprint density at radius 3 is 2.26 bits per heavy atom. The van der Waals surface area contributed by atoms with Gasteiger partial charge in [0.2, 0.25) is 0 Å². The highest BCUT2D eigenvalue weighted by Gasteiger charge is 2.16. The van der Waals surface area contributed by atoms with Gasteiger partial charge in [0.15, 0.2) is 0 Å². The van der Waals surface area contributed by atoms with E-state index >= 15 is 0 Å². The third-order valence-electron chi connectivity index (χ3n) is 3.59. The van der Waals surface area contributed by atoms with Gasteiger partial charge < -0.3 is 9.84 Å². The fourth-order valence-electron chi connectivity index (χ4n) is 2.28. The first-order valence-electron chi connectivity index (χ1n) is 7.63. The van der Waals surface area contributed by atoms with E-state index in [4.69, 9.17) is 9.84 Å². The highest BCUT2D eigenvalue weighted by Crippen LogP contribution is 2.11. The molecule has 0 amide bonds. The van der Waals surface area contributed by atoms with E-state index in [9.17, 15) is 9.59 Å². The summed E-state index contributed by atoms with van der Waals surface area (Å²) in [4.78, 5) is 23.0. The molecule has 0 fully saturated rings. The smallest absolute Gasteiger partial charge is 0.339 e. The molecule has 0 radical (unpaired) electrons. The fourth-order valence-corrected chi connectivity index (χ4v) is 2.28. The monoisotopic (exact) mass is 312 g/mol. The second-order valence-corrected chi connectivity index (χ2v) is 5.43. The summed E-state index contributed by atoms with van der Waals surface area (Å²) < 4.78 is 5.17. The molecule has 2 rings (SSSR count). The van der Waals surface area contributed by atoms with E-state index < -0.39 is 11.9 Å². The zero-order chi connectivity index (χ0) is 16.7. The summed E-state index contributed by atoms with van der Waals surface area (Å²) in [6.45, 7) is 2.34. The lowest BCUT2D eigenvalue weighted by Gasteiger charge is -2.07. The summed E-state index contributed by atoms with van der Waals surface area (Å²) in [5.74, 6) is -1.71. The van der Waals surface area contributed by atoms with Crippen LogP contribution in [0.5, 0.6) is 0 Å². The maximum Gasteiger partial charge on any atom is 0.339 e. The van der Waals surface area contributed by atoms with Gasteiger partial charge in [-0.25, -0.2) is 9.59 Å². The van der Waals surface area contributed by atoms with E-state index in [2.05, 4.69) is 31.2 Å². The van der Waals surface area contributed by atoms with Crippen LogP contribution in [0.25, 0.3) is 0 Å². The molecule has 4 heteroatoms. The number of hydrogen-bond donors (Lipinski definition) is 1. The predicted octanol–water partition coefficient (Wildman–Crippen LogP) is 3.87. The molecule has 0 aliphatic carbocycles. The van der Waals surface area contributed by atoms with Gasteiger partial charge in [-0.1, -0.05) is 42.0 Å². The molecule has 0 bridgehead atoms. The molecule has 0 unspecified atom stereocenters. The van der Waals surface area contributed by atoms with E-state index in [-0.39, 0.29) is 11.1 Å².